The number of ether oxygens (including phenoxy) is 1. The van der Waals surface area contributed by atoms with Crippen molar-refractivity contribution in [2.45, 2.75) is 26.9 Å². The summed E-state index contributed by atoms with van der Waals surface area (Å²) in [6, 6.07) is 17.6. The van der Waals surface area contributed by atoms with Crippen molar-refractivity contribution in [3.63, 3.8) is 0 Å². The number of hydrogen-bond acceptors (Lipinski definition) is 3. The minimum Gasteiger partial charge on any atom is -0.495 e. The molecule has 0 aliphatic carbocycles. The van der Waals surface area contributed by atoms with E-state index >= 15 is 0 Å². The zero-order valence-electron chi connectivity index (χ0n) is 16.2. The lowest BCUT2D eigenvalue weighted by Gasteiger charge is -2.25. The molecule has 0 heterocycles. The Morgan fingerprint density at radius 1 is 1.04 bits per heavy atom. The Labute approximate surface area is 165 Å². The van der Waals surface area contributed by atoms with Crippen molar-refractivity contribution in [1.82, 2.24) is 0 Å². The molecule has 1 atom stereocenters. The molecule has 0 fully saturated rings. The first kappa shape index (κ1) is 19.5. The predicted molar refractivity (Wildman–Crippen MR) is 114 cm³/mol. The number of methoxy groups -OCH3 is 1. The molecule has 0 saturated heterocycles. The molecule has 27 heavy (non-hydrogen) atoms. The SMILES string of the molecule is COc1cc(Cl)cc(C(O)c2cccc3ccccc23)c1NCC(C)(C)C. The third-order valence-corrected chi connectivity index (χ3v) is 4.74. The van der Waals surface area contributed by atoms with E-state index in [4.69, 9.17) is 16.3 Å². The number of halogens is 1. The molecule has 2 N–H and O–H groups in total. The van der Waals surface area contributed by atoms with Crippen LogP contribution in [0.3, 0.4) is 0 Å². The van der Waals surface area contributed by atoms with Crippen molar-refractivity contribution < 1.29 is 9.84 Å². The minimum atomic E-state index is -0.828. The summed E-state index contributed by atoms with van der Waals surface area (Å²) in [4.78, 5) is 0. The van der Waals surface area contributed by atoms with Crippen molar-refractivity contribution in [3.05, 3.63) is 70.7 Å². The highest BCUT2D eigenvalue weighted by atomic mass is 35.5. The van der Waals surface area contributed by atoms with E-state index < -0.39 is 6.10 Å². The van der Waals surface area contributed by atoms with Gasteiger partial charge in [-0.3, -0.25) is 0 Å². The molecule has 3 nitrogen and oxygen atoms in total. The van der Waals surface area contributed by atoms with Crippen LogP contribution in [0.5, 0.6) is 5.75 Å². The second kappa shape index (κ2) is 7.79. The van der Waals surface area contributed by atoms with Crippen molar-refractivity contribution in [2.24, 2.45) is 5.41 Å². The Bertz CT molecular complexity index is 942. The molecule has 3 rings (SSSR count). The molecule has 0 aliphatic rings. The average molecular weight is 384 g/mol. The van der Waals surface area contributed by atoms with Crippen molar-refractivity contribution in [2.75, 3.05) is 19.0 Å². The van der Waals surface area contributed by atoms with Gasteiger partial charge in [0, 0.05) is 23.2 Å². The topological polar surface area (TPSA) is 41.5 Å². The second-order valence-electron chi connectivity index (χ2n) is 7.96. The van der Waals surface area contributed by atoms with E-state index in [1.54, 1.807) is 13.2 Å². The molecule has 142 valence electrons. The molecule has 0 bridgehead atoms. The Balaban J connectivity index is 2.12. The summed E-state index contributed by atoms with van der Waals surface area (Å²) in [5, 5.41) is 17.4. The van der Waals surface area contributed by atoms with Crippen LogP contribution in [0.1, 0.15) is 38.0 Å². The lowest BCUT2D eigenvalue weighted by atomic mass is 9.93. The van der Waals surface area contributed by atoms with Crippen LogP contribution in [-0.4, -0.2) is 18.8 Å². The van der Waals surface area contributed by atoms with Crippen LogP contribution in [0.2, 0.25) is 5.02 Å². The predicted octanol–water partition coefficient (Wildman–Crippen LogP) is 6.04. The van der Waals surface area contributed by atoms with Crippen molar-refractivity contribution >= 4 is 28.1 Å². The van der Waals surface area contributed by atoms with Gasteiger partial charge in [0.15, 0.2) is 0 Å². The van der Waals surface area contributed by atoms with Gasteiger partial charge >= 0.3 is 0 Å². The van der Waals surface area contributed by atoms with Gasteiger partial charge in [0.1, 0.15) is 11.9 Å². The normalized spacial score (nSPS) is 12.8. The standard InChI is InChI=1S/C23H26ClNO2/c1-23(2,3)14-25-21-19(12-16(24)13-20(21)27-4)22(26)18-11-7-9-15-8-5-6-10-17(15)18/h5-13,22,25-26H,14H2,1-4H3. The van der Waals surface area contributed by atoms with Crippen molar-refractivity contribution in [1.29, 1.82) is 0 Å². The summed E-state index contributed by atoms with van der Waals surface area (Å²) in [7, 11) is 1.61. The van der Waals surface area contributed by atoms with E-state index in [9.17, 15) is 5.11 Å². The highest BCUT2D eigenvalue weighted by Crippen LogP contribution is 2.40. The third-order valence-electron chi connectivity index (χ3n) is 4.53. The lowest BCUT2D eigenvalue weighted by Crippen LogP contribution is -2.20. The second-order valence-corrected chi connectivity index (χ2v) is 8.39. The first-order valence-corrected chi connectivity index (χ1v) is 9.45. The summed E-state index contributed by atoms with van der Waals surface area (Å²) < 4.78 is 5.55. The minimum absolute atomic E-state index is 0.0757. The fourth-order valence-corrected chi connectivity index (χ4v) is 3.39. The number of aliphatic hydroxyl groups is 1. The maximum Gasteiger partial charge on any atom is 0.143 e. The van der Waals surface area contributed by atoms with Gasteiger partial charge in [0.25, 0.3) is 0 Å². The van der Waals surface area contributed by atoms with Gasteiger partial charge in [-0.1, -0.05) is 74.8 Å². The van der Waals surface area contributed by atoms with Crippen LogP contribution in [0.4, 0.5) is 5.69 Å². The van der Waals surface area contributed by atoms with Crippen LogP contribution < -0.4 is 10.1 Å². The smallest absolute Gasteiger partial charge is 0.143 e. The summed E-state index contributed by atoms with van der Waals surface area (Å²) >= 11 is 6.32. The highest BCUT2D eigenvalue weighted by molar-refractivity contribution is 6.31. The zero-order chi connectivity index (χ0) is 19.6. The summed E-state index contributed by atoms with van der Waals surface area (Å²) in [5.74, 6) is 0.626. The molecule has 0 amide bonds. The first-order valence-electron chi connectivity index (χ1n) is 9.07. The van der Waals surface area contributed by atoms with Gasteiger partial charge in [-0.15, -0.1) is 0 Å². The van der Waals surface area contributed by atoms with Crippen LogP contribution in [0.15, 0.2) is 54.6 Å². The lowest BCUT2D eigenvalue weighted by molar-refractivity contribution is 0.222. The maximum atomic E-state index is 11.3. The van der Waals surface area contributed by atoms with E-state index in [2.05, 4.69) is 26.1 Å². The highest BCUT2D eigenvalue weighted by Gasteiger charge is 2.22. The Kier molecular flexibility index (Phi) is 5.64. The van der Waals surface area contributed by atoms with Gasteiger partial charge in [-0.05, 0) is 27.8 Å². The average Bonchev–Trinajstić information content (AvgIpc) is 2.64. The maximum absolute atomic E-state index is 11.3. The van der Waals surface area contributed by atoms with Gasteiger partial charge in [-0.2, -0.15) is 0 Å². The number of rotatable bonds is 5. The number of aliphatic hydroxyl groups excluding tert-OH is 1. The Morgan fingerprint density at radius 2 is 1.74 bits per heavy atom. The van der Waals surface area contributed by atoms with Crippen molar-refractivity contribution in [3.8, 4) is 5.75 Å². The Hall–Kier alpha value is -2.23. The van der Waals surface area contributed by atoms with Crippen LogP contribution in [0.25, 0.3) is 10.8 Å². The van der Waals surface area contributed by atoms with E-state index in [-0.39, 0.29) is 5.41 Å². The van der Waals surface area contributed by atoms with E-state index in [1.165, 1.54) is 0 Å². The summed E-state index contributed by atoms with van der Waals surface area (Å²) in [6.45, 7) is 7.20. The monoisotopic (exact) mass is 383 g/mol. The number of hydrogen-bond donors (Lipinski definition) is 2. The summed E-state index contributed by atoms with van der Waals surface area (Å²) in [6.07, 6.45) is -0.828. The molecule has 0 spiro atoms. The van der Waals surface area contributed by atoms with Gasteiger partial charge in [0.05, 0.1) is 12.8 Å². The van der Waals surface area contributed by atoms with Crippen LogP contribution in [0, 0.1) is 5.41 Å². The van der Waals surface area contributed by atoms with Crippen LogP contribution in [-0.2, 0) is 0 Å². The van der Waals surface area contributed by atoms with Crippen LogP contribution >= 0.6 is 11.6 Å². The van der Waals surface area contributed by atoms with E-state index in [1.807, 2.05) is 48.5 Å². The first-order chi connectivity index (χ1) is 12.8. The molecule has 3 aromatic carbocycles. The number of fused-ring (bicyclic) bond motifs is 1. The molecule has 4 heteroatoms. The fourth-order valence-electron chi connectivity index (χ4n) is 3.18. The number of anilines is 1. The fraction of sp³-hybridized carbons (Fsp3) is 0.304. The Morgan fingerprint density at radius 3 is 2.44 bits per heavy atom. The largest absolute Gasteiger partial charge is 0.495 e. The zero-order valence-corrected chi connectivity index (χ0v) is 17.0. The number of benzene rings is 3. The number of nitrogens with one attached hydrogen (secondary N) is 1. The molecule has 0 aromatic heterocycles. The molecule has 0 aliphatic heterocycles. The summed E-state index contributed by atoms with van der Waals surface area (Å²) in [5.41, 5.74) is 2.40. The van der Waals surface area contributed by atoms with E-state index in [0.29, 0.717) is 16.3 Å². The van der Waals surface area contributed by atoms with E-state index in [0.717, 1.165) is 28.6 Å². The van der Waals surface area contributed by atoms with Gasteiger partial charge in [0.2, 0.25) is 0 Å². The molecule has 1 unspecified atom stereocenters. The molecule has 0 saturated carbocycles. The van der Waals surface area contributed by atoms with Gasteiger partial charge < -0.3 is 15.2 Å². The van der Waals surface area contributed by atoms with Gasteiger partial charge in [-0.25, -0.2) is 0 Å². The third kappa shape index (κ3) is 4.37. The molecule has 3 aromatic rings. The molecular formula is C23H26ClNO2. The molecule has 0 radical (unpaired) electrons. The quantitative estimate of drug-likeness (QED) is 0.564. The molecular weight excluding hydrogens is 358 g/mol.